The van der Waals surface area contributed by atoms with Crippen molar-refractivity contribution in [1.29, 1.82) is 0 Å². The molecule has 1 N–H and O–H groups in total. The average molecular weight is 694 g/mol. The molecule has 2 bridgehead atoms. The van der Waals surface area contributed by atoms with Gasteiger partial charge in [0.05, 0.1) is 11.7 Å². The predicted molar refractivity (Wildman–Crippen MR) is 189 cm³/mol. The summed E-state index contributed by atoms with van der Waals surface area (Å²) >= 11 is 0. The number of likely N-dealkylation sites (tertiary alicyclic amines) is 1. The van der Waals surface area contributed by atoms with Crippen molar-refractivity contribution in [2.45, 2.75) is 123 Å². The number of dihydropyridines is 1. The molecular formula is C37H52BN3O9. The SMILES string of the molecule is CC(C)(C)OC(=O)Oc1c(CCB2O[C@@H]3C[C@@H]4C[C@@H](C4(C)C)[C@]3(C)O2)ccc(OC2CN(CC3N=CC=CC3=NO)C2)c1C(=O)OC(C)(C)C. The van der Waals surface area contributed by atoms with Gasteiger partial charge in [-0.05, 0) is 115 Å². The van der Waals surface area contributed by atoms with Crippen LogP contribution in [0.1, 0.15) is 91.1 Å². The Labute approximate surface area is 295 Å². The first-order valence-corrected chi connectivity index (χ1v) is 17.8. The van der Waals surface area contributed by atoms with Crippen LogP contribution in [0, 0.1) is 17.3 Å². The fourth-order valence-electron chi connectivity index (χ4n) is 8.14. The fraction of sp³-hybridized carbons (Fsp3) is 0.676. The van der Waals surface area contributed by atoms with E-state index in [0.717, 1.165) is 12.8 Å². The van der Waals surface area contributed by atoms with Gasteiger partial charge < -0.3 is 33.5 Å². The minimum absolute atomic E-state index is 0.0231. The first kappa shape index (κ1) is 36.4. The number of hydrogen-bond acceptors (Lipinski definition) is 12. The summed E-state index contributed by atoms with van der Waals surface area (Å²) in [5.74, 6) is 0.684. The van der Waals surface area contributed by atoms with E-state index < -0.39 is 30.4 Å². The van der Waals surface area contributed by atoms with Crippen molar-refractivity contribution in [3.63, 3.8) is 0 Å². The molecule has 5 fully saturated rings. The van der Waals surface area contributed by atoms with Gasteiger partial charge in [0.1, 0.15) is 40.4 Å². The Balaban J connectivity index is 1.23. The number of hydrogen-bond donors (Lipinski definition) is 1. The molecule has 1 unspecified atom stereocenters. The minimum atomic E-state index is -0.937. The van der Waals surface area contributed by atoms with Crippen LogP contribution in [0.25, 0.3) is 0 Å². The van der Waals surface area contributed by atoms with Crippen LogP contribution < -0.4 is 9.47 Å². The molecule has 3 aliphatic carbocycles. The van der Waals surface area contributed by atoms with Crippen LogP contribution in [0.3, 0.4) is 0 Å². The van der Waals surface area contributed by atoms with Gasteiger partial charge in [0, 0.05) is 25.8 Å². The number of rotatable bonds is 9. The van der Waals surface area contributed by atoms with E-state index in [9.17, 15) is 14.8 Å². The molecule has 7 rings (SSSR count). The molecule has 1 aromatic carbocycles. The first-order valence-electron chi connectivity index (χ1n) is 17.8. The molecular weight excluding hydrogens is 641 g/mol. The van der Waals surface area contributed by atoms with Gasteiger partial charge in [0.2, 0.25) is 0 Å². The van der Waals surface area contributed by atoms with Gasteiger partial charge in [-0.3, -0.25) is 9.89 Å². The monoisotopic (exact) mass is 693 g/mol. The molecule has 12 nitrogen and oxygen atoms in total. The van der Waals surface area contributed by atoms with Gasteiger partial charge in [0.25, 0.3) is 0 Å². The van der Waals surface area contributed by atoms with Crippen LogP contribution in [0.2, 0.25) is 6.32 Å². The lowest BCUT2D eigenvalue weighted by atomic mass is 9.43. The molecule has 1 aromatic rings. The second-order valence-corrected chi connectivity index (χ2v) is 17.1. The average Bonchev–Trinajstić information content (AvgIpc) is 3.33. The third-order valence-electron chi connectivity index (χ3n) is 10.8. The van der Waals surface area contributed by atoms with E-state index in [-0.39, 0.29) is 46.3 Å². The summed E-state index contributed by atoms with van der Waals surface area (Å²) in [6, 6.07) is 3.27. The van der Waals surface area contributed by atoms with Gasteiger partial charge in [-0.15, -0.1) is 0 Å². The Morgan fingerprint density at radius 1 is 1.08 bits per heavy atom. The Morgan fingerprint density at radius 2 is 1.80 bits per heavy atom. The summed E-state index contributed by atoms with van der Waals surface area (Å²) < 4.78 is 36.8. The number of esters is 1. The summed E-state index contributed by atoms with van der Waals surface area (Å²) in [6.45, 7) is 19.1. The summed E-state index contributed by atoms with van der Waals surface area (Å²) in [5.41, 5.74) is -0.646. The van der Waals surface area contributed by atoms with Crippen molar-refractivity contribution >= 4 is 31.2 Å². The molecule has 272 valence electrons. The van der Waals surface area contributed by atoms with Crippen LogP contribution in [0.5, 0.6) is 11.5 Å². The number of allylic oxidation sites excluding steroid dienone is 1. The Bertz CT molecular complexity index is 1570. The zero-order valence-electron chi connectivity index (χ0n) is 30.9. The highest BCUT2D eigenvalue weighted by Gasteiger charge is 2.67. The molecule has 6 aliphatic rings. The number of oxime groups is 1. The molecule has 2 saturated heterocycles. The summed E-state index contributed by atoms with van der Waals surface area (Å²) in [6.07, 6.45) is 7.05. The van der Waals surface area contributed by atoms with Gasteiger partial charge in [-0.25, -0.2) is 9.59 Å². The highest BCUT2D eigenvalue weighted by Crippen LogP contribution is 2.65. The number of carbonyl (C=O) groups excluding carboxylic acids is 2. The van der Waals surface area contributed by atoms with Crippen LogP contribution in [0.15, 0.2) is 34.4 Å². The molecule has 3 heterocycles. The molecule has 0 spiro atoms. The third kappa shape index (κ3) is 7.46. The quantitative estimate of drug-likeness (QED) is 0.106. The van der Waals surface area contributed by atoms with E-state index in [1.807, 2.05) is 6.07 Å². The Kier molecular flexibility index (Phi) is 9.67. The number of aliphatic imine (C=N–C) groups is 1. The fourth-order valence-corrected chi connectivity index (χ4v) is 8.14. The lowest BCUT2D eigenvalue weighted by molar-refractivity contribution is -0.199. The zero-order chi connectivity index (χ0) is 36.2. The maximum absolute atomic E-state index is 13.9. The third-order valence-corrected chi connectivity index (χ3v) is 10.8. The van der Waals surface area contributed by atoms with Crippen LogP contribution in [-0.4, -0.2) is 96.0 Å². The lowest BCUT2D eigenvalue weighted by Gasteiger charge is -2.64. The maximum atomic E-state index is 13.9. The highest BCUT2D eigenvalue weighted by molar-refractivity contribution is 6.45. The van der Waals surface area contributed by atoms with Crippen molar-refractivity contribution in [1.82, 2.24) is 4.90 Å². The van der Waals surface area contributed by atoms with Crippen molar-refractivity contribution in [3.05, 3.63) is 35.4 Å². The van der Waals surface area contributed by atoms with Crippen molar-refractivity contribution in [2.24, 2.45) is 27.4 Å². The summed E-state index contributed by atoms with van der Waals surface area (Å²) in [4.78, 5) is 33.6. The van der Waals surface area contributed by atoms with Gasteiger partial charge in [-0.1, -0.05) is 25.1 Å². The second kappa shape index (κ2) is 13.3. The second-order valence-electron chi connectivity index (χ2n) is 17.1. The standard InChI is InChI=1S/C37H52BN3O9/c1-34(2,3)47-32(42)30-27(45-24-19-41(20-24)21-26-25(40-44)11-10-16-39-26)13-12-22(31(30)46-33(43)48-35(4,5)6)14-15-38-49-29-18-23-17-28(36(23,7)8)37(29,9)50-38/h10-13,16,23-24,26,28-29,44H,14-15,17-21H2,1-9H3/t23-,26?,28-,29+,37-/m0/s1. The Hall–Kier alpha value is -3.42. The van der Waals surface area contributed by atoms with Crippen LogP contribution in [-0.2, 0) is 25.2 Å². The van der Waals surface area contributed by atoms with E-state index in [1.165, 1.54) is 0 Å². The van der Waals surface area contributed by atoms with Gasteiger partial charge in [0.15, 0.2) is 5.75 Å². The van der Waals surface area contributed by atoms with Crippen LogP contribution in [0.4, 0.5) is 4.79 Å². The van der Waals surface area contributed by atoms with Crippen molar-refractivity contribution < 1.29 is 43.1 Å². The van der Waals surface area contributed by atoms with Gasteiger partial charge >= 0.3 is 19.2 Å². The van der Waals surface area contributed by atoms with Gasteiger partial charge in [-0.2, -0.15) is 0 Å². The summed E-state index contributed by atoms with van der Waals surface area (Å²) in [7, 11) is -0.434. The normalized spacial score (nSPS) is 29.6. The zero-order valence-corrected chi connectivity index (χ0v) is 30.9. The number of carbonyl (C=O) groups is 2. The molecule has 0 amide bonds. The largest absolute Gasteiger partial charge is 0.514 e. The highest BCUT2D eigenvalue weighted by atomic mass is 16.7. The number of nitrogens with zero attached hydrogens (tertiary/aromatic N) is 3. The van der Waals surface area contributed by atoms with E-state index in [2.05, 4.69) is 35.8 Å². The summed E-state index contributed by atoms with van der Waals surface area (Å²) in [5, 5.41) is 12.7. The topological polar surface area (TPSA) is 138 Å². The van der Waals surface area contributed by atoms with E-state index in [1.54, 1.807) is 66.0 Å². The molecule has 3 aliphatic heterocycles. The lowest BCUT2D eigenvalue weighted by Crippen LogP contribution is -2.65. The Morgan fingerprint density at radius 3 is 2.46 bits per heavy atom. The molecule has 50 heavy (non-hydrogen) atoms. The minimum Gasteiger partial charge on any atom is -0.487 e. The van der Waals surface area contributed by atoms with Crippen molar-refractivity contribution in [2.75, 3.05) is 19.6 Å². The first-order chi connectivity index (χ1) is 23.4. The molecule has 0 radical (unpaired) electrons. The molecule has 0 aromatic heterocycles. The van der Waals surface area contributed by atoms with Crippen molar-refractivity contribution in [3.8, 4) is 11.5 Å². The molecule has 13 heteroatoms. The number of benzene rings is 1. The predicted octanol–water partition coefficient (Wildman–Crippen LogP) is 6.13. The van der Waals surface area contributed by atoms with E-state index in [4.69, 9.17) is 28.3 Å². The smallest absolute Gasteiger partial charge is 0.487 e. The number of ether oxygens (including phenoxy) is 4. The van der Waals surface area contributed by atoms with Crippen LogP contribution >= 0.6 is 0 Å². The van der Waals surface area contributed by atoms with E-state index in [0.29, 0.717) is 55.5 Å². The van der Waals surface area contributed by atoms with E-state index >= 15 is 0 Å². The molecule has 3 saturated carbocycles. The number of aryl methyl sites for hydroxylation is 1. The maximum Gasteiger partial charge on any atom is 0.514 e. The molecule has 5 atom stereocenters.